The Balaban J connectivity index is 1.98. The number of aliphatic hydroxyl groups excluding tert-OH is 1. The highest BCUT2D eigenvalue weighted by molar-refractivity contribution is 5.71. The topological polar surface area (TPSA) is 41.9 Å². The summed E-state index contributed by atoms with van der Waals surface area (Å²) in [5.41, 5.74) is 2.03. The minimum Gasteiger partial charge on any atom is -0.493 e. The van der Waals surface area contributed by atoms with Crippen molar-refractivity contribution in [1.29, 1.82) is 0 Å². The van der Waals surface area contributed by atoms with Gasteiger partial charge in [0.15, 0.2) is 0 Å². The van der Waals surface area contributed by atoms with Crippen molar-refractivity contribution in [3.63, 3.8) is 0 Å². The van der Waals surface area contributed by atoms with Gasteiger partial charge >= 0.3 is 0 Å². The standard InChI is InChI=1S/C15H21NO3/c1-11-9-15(17)19-14-10-12(5-6-13(11)14)18-8-4-7-16(2)3/h5-6,9-10,15,17H,4,7-8H2,1-3H3. The third-order valence-electron chi connectivity index (χ3n) is 3.04. The van der Waals surface area contributed by atoms with Gasteiger partial charge in [-0.3, -0.25) is 0 Å². The number of ether oxygens (including phenoxy) is 2. The van der Waals surface area contributed by atoms with Gasteiger partial charge in [-0.25, -0.2) is 0 Å². The molecule has 4 nitrogen and oxygen atoms in total. The van der Waals surface area contributed by atoms with Gasteiger partial charge in [0.25, 0.3) is 0 Å². The maximum Gasteiger partial charge on any atom is 0.217 e. The van der Waals surface area contributed by atoms with Crippen LogP contribution >= 0.6 is 0 Å². The van der Waals surface area contributed by atoms with Gasteiger partial charge in [0.1, 0.15) is 11.5 Å². The molecule has 0 aliphatic carbocycles. The Morgan fingerprint density at radius 2 is 2.16 bits per heavy atom. The van der Waals surface area contributed by atoms with Crippen molar-refractivity contribution in [2.24, 2.45) is 0 Å². The number of hydrogen-bond acceptors (Lipinski definition) is 4. The Morgan fingerprint density at radius 1 is 1.37 bits per heavy atom. The number of rotatable bonds is 5. The predicted molar refractivity (Wildman–Crippen MR) is 75.4 cm³/mol. The van der Waals surface area contributed by atoms with E-state index >= 15 is 0 Å². The lowest BCUT2D eigenvalue weighted by Crippen LogP contribution is -2.17. The van der Waals surface area contributed by atoms with Crippen molar-refractivity contribution in [1.82, 2.24) is 4.90 Å². The summed E-state index contributed by atoms with van der Waals surface area (Å²) >= 11 is 0. The van der Waals surface area contributed by atoms with Crippen molar-refractivity contribution in [2.45, 2.75) is 19.6 Å². The highest BCUT2D eigenvalue weighted by Gasteiger charge is 2.16. The summed E-state index contributed by atoms with van der Waals surface area (Å²) in [5.74, 6) is 1.46. The van der Waals surface area contributed by atoms with Crippen molar-refractivity contribution in [2.75, 3.05) is 27.2 Å². The molecule has 1 aliphatic rings. The molecule has 0 aromatic heterocycles. The summed E-state index contributed by atoms with van der Waals surface area (Å²) in [4.78, 5) is 2.13. The van der Waals surface area contributed by atoms with Gasteiger partial charge in [-0.05, 0) is 51.2 Å². The zero-order valence-electron chi connectivity index (χ0n) is 11.7. The van der Waals surface area contributed by atoms with E-state index in [2.05, 4.69) is 4.90 Å². The molecule has 0 saturated heterocycles. The summed E-state index contributed by atoms with van der Waals surface area (Å²) < 4.78 is 11.1. The van der Waals surface area contributed by atoms with Gasteiger partial charge in [-0.15, -0.1) is 0 Å². The number of nitrogens with zero attached hydrogens (tertiary/aromatic N) is 1. The van der Waals surface area contributed by atoms with Gasteiger partial charge in [-0.1, -0.05) is 0 Å². The smallest absolute Gasteiger partial charge is 0.217 e. The van der Waals surface area contributed by atoms with Crippen LogP contribution in [0.4, 0.5) is 0 Å². The SMILES string of the molecule is CC1=CC(O)Oc2cc(OCCCN(C)C)ccc21. The first-order valence-corrected chi connectivity index (χ1v) is 6.51. The van der Waals surface area contributed by atoms with E-state index in [1.807, 2.05) is 39.2 Å². The molecule has 1 heterocycles. The minimum absolute atomic E-state index is 0.675. The summed E-state index contributed by atoms with van der Waals surface area (Å²) in [7, 11) is 4.09. The van der Waals surface area contributed by atoms with Crippen LogP contribution in [0.15, 0.2) is 24.3 Å². The Bertz CT molecular complexity index is 468. The molecule has 0 saturated carbocycles. The van der Waals surface area contributed by atoms with Crippen LogP contribution in [0.2, 0.25) is 0 Å². The Morgan fingerprint density at radius 3 is 2.89 bits per heavy atom. The normalized spacial score (nSPS) is 17.7. The quantitative estimate of drug-likeness (QED) is 0.826. The van der Waals surface area contributed by atoms with E-state index in [0.717, 1.165) is 29.9 Å². The van der Waals surface area contributed by atoms with E-state index in [-0.39, 0.29) is 0 Å². The van der Waals surface area contributed by atoms with Crippen LogP contribution < -0.4 is 9.47 Å². The Kier molecular flexibility index (Phi) is 4.45. The predicted octanol–water partition coefficient (Wildman–Crippen LogP) is 2.13. The van der Waals surface area contributed by atoms with Gasteiger partial charge in [0.05, 0.1) is 6.61 Å². The summed E-state index contributed by atoms with van der Waals surface area (Å²) in [6.45, 7) is 3.64. The second kappa shape index (κ2) is 6.08. The fraction of sp³-hybridized carbons (Fsp3) is 0.467. The van der Waals surface area contributed by atoms with E-state index in [1.165, 1.54) is 0 Å². The molecular formula is C15H21NO3. The monoisotopic (exact) mass is 263 g/mol. The number of benzene rings is 1. The summed E-state index contributed by atoms with van der Waals surface area (Å²) in [6, 6.07) is 5.74. The molecule has 1 atom stereocenters. The van der Waals surface area contributed by atoms with Crippen LogP contribution in [0.25, 0.3) is 5.57 Å². The Hall–Kier alpha value is -1.52. The van der Waals surface area contributed by atoms with Crippen LogP contribution in [0.3, 0.4) is 0 Å². The number of aliphatic hydroxyl groups is 1. The highest BCUT2D eigenvalue weighted by atomic mass is 16.6. The van der Waals surface area contributed by atoms with Crippen molar-refractivity contribution < 1.29 is 14.6 Å². The largest absolute Gasteiger partial charge is 0.493 e. The maximum absolute atomic E-state index is 9.55. The average Bonchev–Trinajstić information content (AvgIpc) is 2.33. The molecule has 0 fully saturated rings. The molecule has 19 heavy (non-hydrogen) atoms. The fourth-order valence-electron chi connectivity index (χ4n) is 2.05. The third-order valence-corrected chi connectivity index (χ3v) is 3.04. The molecule has 4 heteroatoms. The first-order valence-electron chi connectivity index (χ1n) is 6.51. The highest BCUT2D eigenvalue weighted by Crippen LogP contribution is 2.34. The number of allylic oxidation sites excluding steroid dienone is 1. The van der Waals surface area contributed by atoms with Crippen LogP contribution in [0, 0.1) is 0 Å². The molecule has 1 aromatic carbocycles. The first-order chi connectivity index (χ1) is 9.06. The van der Waals surface area contributed by atoms with E-state index < -0.39 is 6.29 Å². The van der Waals surface area contributed by atoms with Crippen LogP contribution in [-0.2, 0) is 0 Å². The first kappa shape index (κ1) is 13.9. The fourth-order valence-corrected chi connectivity index (χ4v) is 2.05. The van der Waals surface area contributed by atoms with E-state index in [1.54, 1.807) is 6.08 Å². The summed E-state index contributed by atoms with van der Waals surface area (Å²) in [5, 5.41) is 9.55. The zero-order chi connectivity index (χ0) is 13.8. The second-order valence-corrected chi connectivity index (χ2v) is 5.02. The third kappa shape index (κ3) is 3.72. The molecule has 2 rings (SSSR count). The molecule has 0 radical (unpaired) electrons. The van der Waals surface area contributed by atoms with Gasteiger partial charge in [-0.2, -0.15) is 0 Å². The molecule has 0 bridgehead atoms. The van der Waals surface area contributed by atoms with Crippen molar-refractivity contribution >= 4 is 5.57 Å². The van der Waals surface area contributed by atoms with Crippen LogP contribution in [0.1, 0.15) is 18.9 Å². The minimum atomic E-state index is -0.864. The van der Waals surface area contributed by atoms with Crippen molar-refractivity contribution in [3.05, 3.63) is 29.8 Å². The molecule has 1 N–H and O–H groups in total. The van der Waals surface area contributed by atoms with E-state index in [4.69, 9.17) is 9.47 Å². The lowest BCUT2D eigenvalue weighted by molar-refractivity contribution is 0.0223. The van der Waals surface area contributed by atoms with Gasteiger partial charge in [0, 0.05) is 18.2 Å². The van der Waals surface area contributed by atoms with Crippen LogP contribution in [0.5, 0.6) is 11.5 Å². The molecule has 0 spiro atoms. The number of hydrogen-bond donors (Lipinski definition) is 1. The second-order valence-electron chi connectivity index (χ2n) is 5.02. The molecular weight excluding hydrogens is 242 g/mol. The lowest BCUT2D eigenvalue weighted by Gasteiger charge is -2.21. The van der Waals surface area contributed by atoms with Crippen LogP contribution in [-0.4, -0.2) is 43.5 Å². The van der Waals surface area contributed by atoms with E-state index in [9.17, 15) is 5.11 Å². The number of fused-ring (bicyclic) bond motifs is 1. The molecule has 104 valence electrons. The molecule has 1 aliphatic heterocycles. The molecule has 1 aromatic rings. The summed E-state index contributed by atoms with van der Waals surface area (Å²) in [6.07, 6.45) is 1.81. The molecule has 0 amide bonds. The zero-order valence-corrected chi connectivity index (χ0v) is 11.7. The lowest BCUT2D eigenvalue weighted by atomic mass is 10.0. The van der Waals surface area contributed by atoms with Gasteiger partial charge < -0.3 is 19.5 Å². The van der Waals surface area contributed by atoms with Gasteiger partial charge in [0.2, 0.25) is 6.29 Å². The average molecular weight is 263 g/mol. The molecule has 1 unspecified atom stereocenters. The van der Waals surface area contributed by atoms with Crippen molar-refractivity contribution in [3.8, 4) is 11.5 Å². The maximum atomic E-state index is 9.55. The van der Waals surface area contributed by atoms with E-state index in [0.29, 0.717) is 12.4 Å². The Labute approximate surface area is 114 Å².